The zero-order valence-corrected chi connectivity index (χ0v) is 27.9. The third kappa shape index (κ3) is 5.67. The van der Waals surface area contributed by atoms with E-state index < -0.39 is 18.4 Å². The van der Waals surface area contributed by atoms with Crippen LogP contribution in [0.3, 0.4) is 0 Å². The van der Waals surface area contributed by atoms with Crippen LogP contribution in [-0.4, -0.2) is 47.1 Å². The highest BCUT2D eigenvalue weighted by atomic mass is 35.5. The van der Waals surface area contributed by atoms with Crippen molar-refractivity contribution in [2.24, 2.45) is 7.05 Å². The van der Waals surface area contributed by atoms with E-state index in [4.69, 9.17) is 25.7 Å². The molecule has 0 atom stereocenters. The lowest BCUT2D eigenvalue weighted by Crippen LogP contribution is -2.22. The van der Waals surface area contributed by atoms with Crippen molar-refractivity contribution in [1.29, 1.82) is 0 Å². The maximum atomic E-state index is 13.7. The fourth-order valence-electron chi connectivity index (χ4n) is 6.13. The molecule has 2 aromatic carbocycles. The molecule has 0 amide bonds. The Balaban J connectivity index is 1.18. The molecule has 0 unspecified atom stereocenters. The molecule has 7 aromatic rings. The van der Waals surface area contributed by atoms with E-state index in [0.717, 1.165) is 16.9 Å². The van der Waals surface area contributed by atoms with Gasteiger partial charge in [-0.05, 0) is 74.9 Å². The average Bonchev–Trinajstić information content (AvgIpc) is 3.88. The number of furan rings is 1. The van der Waals surface area contributed by atoms with Crippen LogP contribution in [0.15, 0.2) is 101 Å². The molecule has 0 saturated heterocycles. The molecule has 0 spiro atoms. The Bertz CT molecular complexity index is 2420. The number of para-hydroxylation sites is 1. The number of nitrogens with zero attached hydrogens (tertiary/aromatic N) is 6. The van der Waals surface area contributed by atoms with Gasteiger partial charge in [0.05, 0.1) is 41.3 Å². The van der Waals surface area contributed by atoms with Gasteiger partial charge in [-0.2, -0.15) is 5.10 Å². The molecular formula is C37H31ClN6O5. The van der Waals surface area contributed by atoms with Gasteiger partial charge in [0.1, 0.15) is 11.4 Å². The van der Waals surface area contributed by atoms with Crippen molar-refractivity contribution in [2.75, 3.05) is 6.61 Å². The first-order valence-electron chi connectivity index (χ1n) is 15.5. The van der Waals surface area contributed by atoms with Crippen molar-refractivity contribution in [1.82, 2.24) is 28.7 Å². The van der Waals surface area contributed by atoms with E-state index in [1.807, 2.05) is 63.4 Å². The normalized spacial score (nSPS) is 11.4. The fraction of sp³-hybridized carbons (Fsp3) is 0.162. The second kappa shape index (κ2) is 12.6. The number of esters is 1. The molecule has 12 heteroatoms. The lowest BCUT2D eigenvalue weighted by atomic mass is 10.1. The number of benzene rings is 2. The minimum atomic E-state index is -0.710. The highest BCUT2D eigenvalue weighted by Crippen LogP contribution is 2.27. The van der Waals surface area contributed by atoms with E-state index in [-0.39, 0.29) is 11.1 Å². The summed E-state index contributed by atoms with van der Waals surface area (Å²) in [5.74, 6) is -0.654. The number of hydrogen-bond donors (Lipinski definition) is 0. The number of ketones is 1. The molecule has 0 aliphatic heterocycles. The predicted molar refractivity (Wildman–Crippen MR) is 185 cm³/mol. The van der Waals surface area contributed by atoms with Crippen LogP contribution in [0, 0.1) is 20.8 Å². The number of hydrogen-bond acceptors (Lipinski definition) is 7. The number of halogens is 1. The summed E-state index contributed by atoms with van der Waals surface area (Å²) in [5, 5.41) is 5.59. The Hall–Kier alpha value is -5.94. The van der Waals surface area contributed by atoms with Gasteiger partial charge >= 0.3 is 5.97 Å². The Morgan fingerprint density at radius 2 is 1.67 bits per heavy atom. The highest BCUT2D eigenvalue weighted by molar-refractivity contribution is 6.30. The monoisotopic (exact) mass is 674 g/mol. The van der Waals surface area contributed by atoms with Gasteiger partial charge in [0.15, 0.2) is 18.0 Å². The molecule has 7 rings (SSSR count). The predicted octanol–water partition coefficient (Wildman–Crippen LogP) is 6.64. The van der Waals surface area contributed by atoms with Crippen LogP contribution in [0.25, 0.3) is 33.9 Å². The second-order valence-electron chi connectivity index (χ2n) is 11.7. The van der Waals surface area contributed by atoms with Crippen LogP contribution >= 0.6 is 11.6 Å². The van der Waals surface area contributed by atoms with E-state index >= 15 is 0 Å². The zero-order chi connectivity index (χ0) is 34.4. The topological polar surface area (TPSA) is 119 Å². The van der Waals surface area contributed by atoms with E-state index in [9.17, 15) is 14.4 Å². The number of rotatable bonds is 9. The maximum Gasteiger partial charge on any atom is 0.339 e. The van der Waals surface area contributed by atoms with Crippen molar-refractivity contribution in [3.05, 3.63) is 140 Å². The number of aryl methyl sites for hydroxylation is 1. The molecule has 0 fully saturated rings. The van der Waals surface area contributed by atoms with E-state index in [0.29, 0.717) is 56.7 Å². The van der Waals surface area contributed by atoms with Crippen LogP contribution < -0.4 is 5.56 Å². The average molecular weight is 675 g/mol. The molecule has 49 heavy (non-hydrogen) atoms. The Morgan fingerprint density at radius 3 is 2.39 bits per heavy atom. The summed E-state index contributed by atoms with van der Waals surface area (Å²) in [6.45, 7) is 5.35. The Morgan fingerprint density at radius 1 is 0.918 bits per heavy atom. The number of pyridine rings is 1. The molecule has 0 aliphatic carbocycles. The first-order chi connectivity index (χ1) is 23.6. The van der Waals surface area contributed by atoms with Crippen molar-refractivity contribution >= 4 is 34.4 Å². The number of Topliss-reactive ketones (excluding diaryl/α,β-unsaturated/α-hetero) is 1. The molecule has 11 nitrogen and oxygen atoms in total. The first kappa shape index (κ1) is 31.6. The molecular weight excluding hydrogens is 644 g/mol. The molecule has 246 valence electrons. The molecule has 5 aromatic heterocycles. The van der Waals surface area contributed by atoms with Crippen molar-refractivity contribution in [3.8, 4) is 22.8 Å². The van der Waals surface area contributed by atoms with Gasteiger partial charge in [0.25, 0.3) is 5.56 Å². The Kier molecular flexibility index (Phi) is 8.13. The minimum absolute atomic E-state index is 0.193. The van der Waals surface area contributed by atoms with Gasteiger partial charge in [0, 0.05) is 29.0 Å². The maximum absolute atomic E-state index is 13.7. The molecule has 0 saturated carbocycles. The summed E-state index contributed by atoms with van der Waals surface area (Å²) in [4.78, 5) is 45.7. The van der Waals surface area contributed by atoms with E-state index in [1.54, 1.807) is 68.1 Å². The van der Waals surface area contributed by atoms with Crippen LogP contribution in [0.2, 0.25) is 5.02 Å². The fourth-order valence-corrected chi connectivity index (χ4v) is 6.26. The van der Waals surface area contributed by atoms with Crippen LogP contribution in [0.1, 0.15) is 43.4 Å². The molecule has 0 radical (unpaired) electrons. The van der Waals surface area contributed by atoms with Crippen LogP contribution in [0.5, 0.6) is 0 Å². The van der Waals surface area contributed by atoms with Gasteiger partial charge < -0.3 is 13.7 Å². The van der Waals surface area contributed by atoms with Gasteiger partial charge in [-0.1, -0.05) is 41.9 Å². The van der Waals surface area contributed by atoms with Gasteiger partial charge in [-0.15, -0.1) is 0 Å². The molecule has 5 heterocycles. The summed E-state index contributed by atoms with van der Waals surface area (Å²) in [6, 6.07) is 23.5. The second-order valence-corrected chi connectivity index (χ2v) is 12.2. The van der Waals surface area contributed by atoms with Crippen molar-refractivity contribution in [2.45, 2.75) is 27.3 Å². The van der Waals surface area contributed by atoms with E-state index in [1.165, 1.54) is 6.26 Å². The third-order valence-electron chi connectivity index (χ3n) is 8.66. The summed E-state index contributed by atoms with van der Waals surface area (Å²) in [5.41, 5.74) is 5.30. The van der Waals surface area contributed by atoms with Crippen molar-refractivity contribution < 1.29 is 18.7 Å². The lowest BCUT2D eigenvalue weighted by molar-refractivity contribution is 0.0476. The van der Waals surface area contributed by atoms with Gasteiger partial charge in [0.2, 0.25) is 5.78 Å². The third-order valence-corrected chi connectivity index (χ3v) is 8.91. The number of carbonyl (C=O) groups excluding carboxylic acids is 2. The lowest BCUT2D eigenvalue weighted by Gasteiger charge is -2.10. The summed E-state index contributed by atoms with van der Waals surface area (Å²) in [7, 11) is 1.82. The largest absolute Gasteiger partial charge is 0.463 e. The molecule has 0 bridgehead atoms. The van der Waals surface area contributed by atoms with Gasteiger partial charge in [-0.3, -0.25) is 14.3 Å². The number of ether oxygens (including phenoxy) is 1. The number of aromatic nitrogens is 6. The number of fused-ring (bicyclic) bond motifs is 1. The first-order valence-corrected chi connectivity index (χ1v) is 15.9. The van der Waals surface area contributed by atoms with Crippen molar-refractivity contribution in [3.63, 3.8) is 0 Å². The van der Waals surface area contributed by atoms with Gasteiger partial charge in [-0.25, -0.2) is 19.1 Å². The standard InChI is InChI=1S/C37H31ClN6O5/c1-22-17-28(23(2)43(22)34-24(3)41(4)44(36(34)46)27-9-6-5-7-10-27)32(45)21-49-37(47)29-18-31(33-11-8-16-48-33)40-35-30(29)19-39-42(35)20-25-12-14-26(38)15-13-25/h5-19H,20-21H2,1-4H3. The summed E-state index contributed by atoms with van der Waals surface area (Å²) >= 11 is 6.06. The zero-order valence-electron chi connectivity index (χ0n) is 27.2. The van der Waals surface area contributed by atoms with E-state index in [2.05, 4.69) is 5.10 Å². The van der Waals surface area contributed by atoms with Crippen LogP contribution in [-0.2, 0) is 18.3 Å². The SMILES string of the molecule is Cc1cc(C(=O)COC(=O)c2cc(-c3ccco3)nc3c2cnn3Cc2ccc(Cl)cc2)c(C)n1-c1c(C)n(C)n(-c2ccccc2)c1=O. The number of carbonyl (C=O) groups is 2. The minimum Gasteiger partial charge on any atom is -0.463 e. The summed E-state index contributed by atoms with van der Waals surface area (Å²) in [6.07, 6.45) is 3.08. The highest BCUT2D eigenvalue weighted by Gasteiger charge is 2.25. The Labute approximate surface area is 285 Å². The summed E-state index contributed by atoms with van der Waals surface area (Å²) < 4.78 is 18.1. The molecule has 0 aliphatic rings. The molecule has 0 N–H and O–H groups in total. The van der Waals surface area contributed by atoms with Crippen LogP contribution in [0.4, 0.5) is 0 Å². The smallest absolute Gasteiger partial charge is 0.339 e. The quantitative estimate of drug-likeness (QED) is 0.124.